The second kappa shape index (κ2) is 10.4. The average Bonchev–Trinajstić information content (AvgIpc) is 2.51. The van der Waals surface area contributed by atoms with Crippen molar-refractivity contribution in [3.05, 3.63) is 30.3 Å². The third-order valence-corrected chi connectivity index (χ3v) is 5.75. The van der Waals surface area contributed by atoms with Crippen molar-refractivity contribution in [2.75, 3.05) is 25.7 Å². The summed E-state index contributed by atoms with van der Waals surface area (Å²) in [4.78, 5) is 0. The van der Waals surface area contributed by atoms with Crippen LogP contribution in [0.1, 0.15) is 33.1 Å². The van der Waals surface area contributed by atoms with Crippen molar-refractivity contribution in [3.8, 4) is 0 Å². The number of hydrogen-bond acceptors (Lipinski definition) is 3. The van der Waals surface area contributed by atoms with Crippen molar-refractivity contribution in [1.29, 1.82) is 0 Å². The molecule has 0 bridgehead atoms. The molecule has 0 aliphatic rings. The van der Waals surface area contributed by atoms with Crippen LogP contribution in [0.5, 0.6) is 0 Å². The Hall–Kier alpha value is -0.393. The predicted molar refractivity (Wildman–Crippen MR) is 85.6 cm³/mol. The van der Waals surface area contributed by atoms with Crippen molar-refractivity contribution in [2.24, 2.45) is 0 Å². The molecule has 0 amide bonds. The van der Waals surface area contributed by atoms with E-state index >= 15 is 0 Å². The molecule has 1 rings (SSSR count). The van der Waals surface area contributed by atoms with Crippen molar-refractivity contribution >= 4 is 25.6 Å². The standard InChI is InChI=1S/C15H25ClO3Si/c1-3-12-17-20(18-13-4-2,19-14-8-11-16)15-9-6-5-7-10-15/h5-7,9-10H,3-4,8,11-14H2,1-2H3. The van der Waals surface area contributed by atoms with Crippen LogP contribution in [0.2, 0.25) is 0 Å². The van der Waals surface area contributed by atoms with Gasteiger partial charge in [-0.05, 0) is 19.3 Å². The van der Waals surface area contributed by atoms with Crippen LogP contribution in [0.3, 0.4) is 0 Å². The zero-order valence-corrected chi connectivity index (χ0v) is 14.2. The van der Waals surface area contributed by atoms with E-state index in [9.17, 15) is 0 Å². The Morgan fingerprint density at radius 1 is 0.900 bits per heavy atom. The fourth-order valence-electron chi connectivity index (χ4n) is 1.75. The summed E-state index contributed by atoms with van der Waals surface area (Å²) >= 11 is 5.74. The number of rotatable bonds is 11. The van der Waals surface area contributed by atoms with Gasteiger partial charge in [-0.1, -0.05) is 44.2 Å². The minimum absolute atomic E-state index is 0.568. The number of halogens is 1. The molecule has 0 unspecified atom stereocenters. The molecule has 1 aromatic carbocycles. The molecule has 0 radical (unpaired) electrons. The SMILES string of the molecule is CCCO[Si](OCCC)(OCCCCl)c1ccccc1. The fraction of sp³-hybridized carbons (Fsp3) is 0.600. The Balaban J connectivity index is 2.90. The highest BCUT2D eigenvalue weighted by molar-refractivity contribution is 6.75. The zero-order chi connectivity index (χ0) is 14.7. The van der Waals surface area contributed by atoms with Crippen LogP contribution < -0.4 is 5.19 Å². The van der Waals surface area contributed by atoms with Gasteiger partial charge in [-0.15, -0.1) is 11.6 Å². The van der Waals surface area contributed by atoms with Gasteiger partial charge in [0, 0.05) is 30.9 Å². The topological polar surface area (TPSA) is 27.7 Å². The molecule has 0 N–H and O–H groups in total. The smallest absolute Gasteiger partial charge is 0.370 e. The number of hydrogen-bond donors (Lipinski definition) is 0. The molecule has 0 atom stereocenters. The zero-order valence-electron chi connectivity index (χ0n) is 12.4. The van der Waals surface area contributed by atoms with Crippen LogP contribution in [0.15, 0.2) is 30.3 Å². The minimum atomic E-state index is -2.81. The molecule has 0 spiro atoms. The van der Waals surface area contributed by atoms with Crippen LogP contribution in [-0.2, 0) is 13.3 Å². The predicted octanol–water partition coefficient (Wildman–Crippen LogP) is 3.33. The molecule has 0 aromatic heterocycles. The lowest BCUT2D eigenvalue weighted by Gasteiger charge is -2.29. The van der Waals surface area contributed by atoms with Crippen molar-refractivity contribution in [3.63, 3.8) is 0 Å². The molecule has 1 aromatic rings. The molecule has 0 aliphatic heterocycles. The number of benzene rings is 1. The van der Waals surface area contributed by atoms with Crippen LogP contribution in [0.4, 0.5) is 0 Å². The maximum absolute atomic E-state index is 6.07. The molecule has 0 aliphatic carbocycles. The summed E-state index contributed by atoms with van der Waals surface area (Å²) in [7, 11) is -2.81. The second-order valence-corrected chi connectivity index (χ2v) is 7.44. The Bertz CT molecular complexity index is 340. The summed E-state index contributed by atoms with van der Waals surface area (Å²) in [5, 5.41) is 1.02. The second-order valence-electron chi connectivity index (χ2n) is 4.51. The van der Waals surface area contributed by atoms with Gasteiger partial charge < -0.3 is 13.3 Å². The normalized spacial score (nSPS) is 11.8. The minimum Gasteiger partial charge on any atom is -0.370 e. The van der Waals surface area contributed by atoms with E-state index in [2.05, 4.69) is 13.8 Å². The lowest BCUT2D eigenvalue weighted by molar-refractivity contribution is 0.0733. The highest BCUT2D eigenvalue weighted by Gasteiger charge is 2.43. The third kappa shape index (κ3) is 5.54. The van der Waals surface area contributed by atoms with Gasteiger partial charge in [-0.3, -0.25) is 0 Å². The molecule has 114 valence electrons. The van der Waals surface area contributed by atoms with E-state index in [4.69, 9.17) is 24.9 Å². The summed E-state index contributed by atoms with van der Waals surface area (Å²) in [5.41, 5.74) is 0. The highest BCUT2D eigenvalue weighted by atomic mass is 35.5. The van der Waals surface area contributed by atoms with E-state index in [1.807, 2.05) is 30.3 Å². The first kappa shape index (κ1) is 17.7. The molecular formula is C15H25ClO3Si. The van der Waals surface area contributed by atoms with Gasteiger partial charge in [-0.2, -0.15) is 0 Å². The molecule has 3 nitrogen and oxygen atoms in total. The van der Waals surface area contributed by atoms with E-state index in [-0.39, 0.29) is 0 Å². The molecule has 0 saturated carbocycles. The molecule has 5 heteroatoms. The van der Waals surface area contributed by atoms with Crippen LogP contribution in [0.25, 0.3) is 0 Å². The average molecular weight is 317 g/mol. The van der Waals surface area contributed by atoms with Gasteiger partial charge in [-0.25, -0.2) is 0 Å². The van der Waals surface area contributed by atoms with Gasteiger partial charge >= 0.3 is 8.80 Å². The van der Waals surface area contributed by atoms with E-state index in [0.29, 0.717) is 25.7 Å². The quantitative estimate of drug-likeness (QED) is 0.356. The Kier molecular flexibility index (Phi) is 9.14. The molecular weight excluding hydrogens is 292 g/mol. The largest absolute Gasteiger partial charge is 0.537 e. The van der Waals surface area contributed by atoms with E-state index in [1.165, 1.54) is 0 Å². The Morgan fingerprint density at radius 3 is 1.95 bits per heavy atom. The highest BCUT2D eigenvalue weighted by Crippen LogP contribution is 2.13. The van der Waals surface area contributed by atoms with E-state index in [1.54, 1.807) is 0 Å². The summed E-state index contributed by atoms with van der Waals surface area (Å²) < 4.78 is 18.2. The van der Waals surface area contributed by atoms with Crippen LogP contribution in [0, 0.1) is 0 Å². The maximum atomic E-state index is 6.07. The van der Waals surface area contributed by atoms with E-state index in [0.717, 1.165) is 24.4 Å². The van der Waals surface area contributed by atoms with Gasteiger partial charge in [0.05, 0.1) is 0 Å². The molecule has 0 heterocycles. The maximum Gasteiger partial charge on any atom is 0.537 e. The fourth-order valence-corrected chi connectivity index (χ4v) is 4.57. The monoisotopic (exact) mass is 316 g/mol. The van der Waals surface area contributed by atoms with Gasteiger partial charge in [0.15, 0.2) is 0 Å². The molecule has 20 heavy (non-hydrogen) atoms. The first-order valence-electron chi connectivity index (χ1n) is 7.32. The van der Waals surface area contributed by atoms with Crippen molar-refractivity contribution < 1.29 is 13.3 Å². The first-order chi connectivity index (χ1) is 9.79. The summed E-state index contributed by atoms with van der Waals surface area (Å²) in [6.07, 6.45) is 2.68. The summed E-state index contributed by atoms with van der Waals surface area (Å²) in [6.45, 7) is 6.03. The Labute approximate surface area is 128 Å². The van der Waals surface area contributed by atoms with Crippen LogP contribution >= 0.6 is 11.6 Å². The summed E-state index contributed by atoms with van der Waals surface area (Å²) in [6, 6.07) is 10.0. The number of alkyl halides is 1. The lowest BCUT2D eigenvalue weighted by Crippen LogP contribution is -2.57. The van der Waals surface area contributed by atoms with Crippen molar-refractivity contribution in [1.82, 2.24) is 0 Å². The molecule has 0 fully saturated rings. The van der Waals surface area contributed by atoms with Gasteiger partial charge in [0.25, 0.3) is 0 Å². The van der Waals surface area contributed by atoms with Crippen LogP contribution in [-0.4, -0.2) is 34.5 Å². The first-order valence-corrected chi connectivity index (χ1v) is 9.58. The third-order valence-electron chi connectivity index (χ3n) is 2.69. The lowest BCUT2D eigenvalue weighted by atomic mass is 10.4. The Morgan fingerprint density at radius 2 is 1.45 bits per heavy atom. The van der Waals surface area contributed by atoms with Gasteiger partial charge in [0.1, 0.15) is 0 Å². The van der Waals surface area contributed by atoms with Gasteiger partial charge in [0.2, 0.25) is 0 Å². The summed E-state index contributed by atoms with van der Waals surface area (Å²) in [5.74, 6) is 0.584. The van der Waals surface area contributed by atoms with E-state index < -0.39 is 8.80 Å². The molecule has 0 saturated heterocycles. The van der Waals surface area contributed by atoms with Crippen molar-refractivity contribution in [2.45, 2.75) is 33.1 Å².